The van der Waals surface area contributed by atoms with Gasteiger partial charge in [-0.05, 0) is 30.3 Å². The smallest absolute Gasteiger partial charge is 0.306 e. The maximum atomic E-state index is 11.3. The SMILES string of the molecule is CC1=CC(C)(C)C2CC(=O)OC1C2. The van der Waals surface area contributed by atoms with Gasteiger partial charge in [-0.2, -0.15) is 0 Å². The molecule has 2 rings (SSSR count). The Balaban J connectivity index is 2.35. The zero-order valence-corrected chi connectivity index (χ0v) is 8.46. The summed E-state index contributed by atoms with van der Waals surface area (Å²) in [5.74, 6) is 0.448. The molecule has 0 spiro atoms. The normalized spacial score (nSPS) is 36.5. The Morgan fingerprint density at radius 2 is 2.23 bits per heavy atom. The lowest BCUT2D eigenvalue weighted by Crippen LogP contribution is -2.40. The van der Waals surface area contributed by atoms with E-state index >= 15 is 0 Å². The predicted octanol–water partition coefficient (Wildman–Crippen LogP) is 2.29. The number of hydrogen-bond donors (Lipinski definition) is 0. The number of ether oxygens (including phenoxy) is 1. The molecule has 0 amide bonds. The van der Waals surface area contributed by atoms with Crippen LogP contribution in [-0.4, -0.2) is 12.1 Å². The number of fused-ring (bicyclic) bond motifs is 2. The summed E-state index contributed by atoms with van der Waals surface area (Å²) < 4.78 is 5.26. The summed E-state index contributed by atoms with van der Waals surface area (Å²) in [6.07, 6.45) is 3.94. The molecule has 13 heavy (non-hydrogen) atoms. The van der Waals surface area contributed by atoms with Crippen LogP contribution in [0.25, 0.3) is 0 Å². The molecule has 72 valence electrons. The summed E-state index contributed by atoms with van der Waals surface area (Å²) in [5.41, 5.74) is 1.38. The van der Waals surface area contributed by atoms with E-state index in [-0.39, 0.29) is 17.5 Å². The first kappa shape index (κ1) is 8.79. The molecule has 0 aromatic rings. The lowest BCUT2D eigenvalue weighted by atomic mass is 9.67. The summed E-state index contributed by atoms with van der Waals surface area (Å²) >= 11 is 0. The molecule has 0 N–H and O–H groups in total. The van der Waals surface area contributed by atoms with Gasteiger partial charge in [0, 0.05) is 6.42 Å². The van der Waals surface area contributed by atoms with Crippen molar-refractivity contribution in [2.45, 2.75) is 39.7 Å². The average Bonchev–Trinajstić information content (AvgIpc) is 2.00. The fraction of sp³-hybridized carbons (Fsp3) is 0.727. The van der Waals surface area contributed by atoms with Crippen molar-refractivity contribution in [3.63, 3.8) is 0 Å². The summed E-state index contributed by atoms with van der Waals surface area (Å²) in [4.78, 5) is 11.3. The monoisotopic (exact) mass is 180 g/mol. The summed E-state index contributed by atoms with van der Waals surface area (Å²) in [5, 5.41) is 0. The Labute approximate surface area is 79.0 Å². The van der Waals surface area contributed by atoms with Crippen LogP contribution >= 0.6 is 0 Å². The average molecular weight is 180 g/mol. The van der Waals surface area contributed by atoms with Crippen LogP contribution in [0, 0.1) is 11.3 Å². The van der Waals surface area contributed by atoms with Gasteiger partial charge in [0.15, 0.2) is 0 Å². The molecule has 2 heteroatoms. The fourth-order valence-electron chi connectivity index (χ4n) is 2.44. The van der Waals surface area contributed by atoms with Crippen molar-refractivity contribution in [2.75, 3.05) is 0 Å². The highest BCUT2D eigenvalue weighted by atomic mass is 16.5. The second kappa shape index (κ2) is 2.60. The van der Waals surface area contributed by atoms with Crippen molar-refractivity contribution in [1.29, 1.82) is 0 Å². The summed E-state index contributed by atoms with van der Waals surface area (Å²) in [6, 6.07) is 0. The fourth-order valence-corrected chi connectivity index (χ4v) is 2.44. The van der Waals surface area contributed by atoms with Gasteiger partial charge in [-0.1, -0.05) is 19.9 Å². The Morgan fingerprint density at radius 1 is 1.54 bits per heavy atom. The van der Waals surface area contributed by atoms with Gasteiger partial charge in [0.2, 0.25) is 0 Å². The molecular weight excluding hydrogens is 164 g/mol. The molecule has 0 aromatic heterocycles. The van der Waals surface area contributed by atoms with Gasteiger partial charge in [-0.25, -0.2) is 0 Å². The van der Waals surface area contributed by atoms with E-state index in [9.17, 15) is 4.79 Å². The zero-order valence-electron chi connectivity index (χ0n) is 8.46. The Kier molecular flexibility index (Phi) is 1.76. The van der Waals surface area contributed by atoms with Crippen LogP contribution in [0.5, 0.6) is 0 Å². The minimum atomic E-state index is -0.0261. The second-order valence-corrected chi connectivity index (χ2v) is 4.82. The van der Waals surface area contributed by atoms with Crippen molar-refractivity contribution in [3.8, 4) is 0 Å². The van der Waals surface area contributed by atoms with Gasteiger partial charge in [-0.3, -0.25) is 4.79 Å². The molecule has 0 saturated carbocycles. The zero-order chi connectivity index (χ0) is 9.64. The molecule has 1 heterocycles. The van der Waals surface area contributed by atoms with E-state index in [1.165, 1.54) is 5.57 Å². The minimum Gasteiger partial charge on any atom is -0.458 e. The van der Waals surface area contributed by atoms with Crippen molar-refractivity contribution in [3.05, 3.63) is 11.6 Å². The molecule has 0 aromatic carbocycles. The molecule has 2 aliphatic rings. The van der Waals surface area contributed by atoms with Crippen LogP contribution in [0.2, 0.25) is 0 Å². The van der Waals surface area contributed by atoms with Gasteiger partial charge >= 0.3 is 5.97 Å². The van der Waals surface area contributed by atoms with E-state index in [2.05, 4.69) is 26.8 Å². The standard InChI is InChI=1S/C11H16O2/c1-7-6-11(2,3)8-4-9(7)13-10(12)5-8/h6,8-9H,4-5H2,1-3H3. The maximum Gasteiger partial charge on any atom is 0.306 e. The molecule has 2 atom stereocenters. The van der Waals surface area contributed by atoms with E-state index in [1.54, 1.807) is 0 Å². The first-order chi connectivity index (χ1) is 5.99. The number of carbonyl (C=O) groups excluding carboxylic acids is 1. The van der Waals surface area contributed by atoms with Crippen molar-refractivity contribution in [1.82, 2.24) is 0 Å². The van der Waals surface area contributed by atoms with E-state index in [0.29, 0.717) is 12.3 Å². The van der Waals surface area contributed by atoms with Crippen molar-refractivity contribution in [2.24, 2.45) is 11.3 Å². The summed E-state index contributed by atoms with van der Waals surface area (Å²) in [6.45, 7) is 6.47. The molecule has 1 aliphatic heterocycles. The molecule has 1 aliphatic carbocycles. The molecule has 1 saturated heterocycles. The predicted molar refractivity (Wildman–Crippen MR) is 50.1 cm³/mol. The molecule has 2 nitrogen and oxygen atoms in total. The van der Waals surface area contributed by atoms with E-state index in [0.717, 1.165) is 6.42 Å². The lowest BCUT2D eigenvalue weighted by Gasteiger charge is -2.42. The molecule has 0 radical (unpaired) electrons. The Bertz CT molecular complexity index is 276. The third-order valence-corrected chi connectivity index (χ3v) is 3.35. The van der Waals surface area contributed by atoms with Crippen LogP contribution in [0.4, 0.5) is 0 Å². The number of allylic oxidation sites excluding steroid dienone is 1. The quantitative estimate of drug-likeness (QED) is 0.422. The number of esters is 1. The van der Waals surface area contributed by atoms with Crippen molar-refractivity contribution < 1.29 is 9.53 Å². The van der Waals surface area contributed by atoms with Gasteiger partial charge in [0.05, 0.1) is 0 Å². The van der Waals surface area contributed by atoms with Crippen LogP contribution in [0.15, 0.2) is 11.6 Å². The van der Waals surface area contributed by atoms with Crippen LogP contribution in [0.3, 0.4) is 0 Å². The molecule has 1 fully saturated rings. The largest absolute Gasteiger partial charge is 0.458 e. The third-order valence-electron chi connectivity index (χ3n) is 3.35. The minimum absolute atomic E-state index is 0.0261. The van der Waals surface area contributed by atoms with Gasteiger partial charge in [0.25, 0.3) is 0 Å². The van der Waals surface area contributed by atoms with E-state index in [1.807, 2.05) is 0 Å². The second-order valence-electron chi connectivity index (χ2n) is 4.82. The van der Waals surface area contributed by atoms with E-state index < -0.39 is 0 Å². The van der Waals surface area contributed by atoms with Crippen LogP contribution in [-0.2, 0) is 9.53 Å². The highest BCUT2D eigenvalue weighted by Gasteiger charge is 2.41. The van der Waals surface area contributed by atoms with Crippen LogP contribution < -0.4 is 0 Å². The summed E-state index contributed by atoms with van der Waals surface area (Å²) in [7, 11) is 0. The first-order valence-electron chi connectivity index (χ1n) is 4.88. The Hall–Kier alpha value is -0.790. The lowest BCUT2D eigenvalue weighted by molar-refractivity contribution is -0.157. The topological polar surface area (TPSA) is 26.3 Å². The first-order valence-corrected chi connectivity index (χ1v) is 4.88. The van der Waals surface area contributed by atoms with Crippen molar-refractivity contribution >= 4 is 5.97 Å². The third kappa shape index (κ3) is 1.38. The molecular formula is C11H16O2. The number of carbonyl (C=O) groups is 1. The van der Waals surface area contributed by atoms with E-state index in [4.69, 9.17) is 4.74 Å². The van der Waals surface area contributed by atoms with Gasteiger partial charge in [0.1, 0.15) is 6.10 Å². The number of hydrogen-bond acceptors (Lipinski definition) is 2. The highest BCUT2D eigenvalue weighted by molar-refractivity contribution is 5.71. The van der Waals surface area contributed by atoms with Crippen LogP contribution in [0.1, 0.15) is 33.6 Å². The molecule has 2 unspecified atom stereocenters. The number of rotatable bonds is 0. The van der Waals surface area contributed by atoms with Gasteiger partial charge in [-0.15, -0.1) is 0 Å². The highest BCUT2D eigenvalue weighted by Crippen LogP contribution is 2.44. The maximum absolute atomic E-state index is 11.3. The molecule has 2 bridgehead atoms. The van der Waals surface area contributed by atoms with Gasteiger partial charge < -0.3 is 4.74 Å². The Morgan fingerprint density at radius 3 is 2.92 bits per heavy atom.